The second-order valence-electron chi connectivity index (χ2n) is 6.60. The summed E-state index contributed by atoms with van der Waals surface area (Å²) in [5.41, 5.74) is 1.51. The second-order valence-corrected chi connectivity index (χ2v) is 7.00. The molecule has 1 aromatic carbocycles. The summed E-state index contributed by atoms with van der Waals surface area (Å²) in [5, 5.41) is 0.257. The van der Waals surface area contributed by atoms with Crippen LogP contribution in [0.25, 0.3) is 22.4 Å². The number of carbonyl (C=O) groups is 2. The summed E-state index contributed by atoms with van der Waals surface area (Å²) in [6.07, 6.45) is 1.45. The number of aromatic amines is 2. The van der Waals surface area contributed by atoms with Crippen molar-refractivity contribution < 1.29 is 9.59 Å². The standard InChI is InChI=1S/C18H16ClN5O3.ClH/c1-23(2)5-6-24-17(26)9-7-12-13(8-10(9)18(24)27)22-15(21-12)14-11(19)3-4-20-16(14)25;/h3-4,7-8H,5-6H2,1-2H3,(H,20,25)(H,21,22);1H. The molecule has 2 amide bonds. The number of imide groups is 1. The molecule has 0 saturated carbocycles. The predicted molar refractivity (Wildman–Crippen MR) is 108 cm³/mol. The number of H-pyrrole nitrogens is 2. The van der Waals surface area contributed by atoms with Gasteiger partial charge in [-0.15, -0.1) is 12.4 Å². The number of fused-ring (bicyclic) bond motifs is 2. The molecule has 0 atom stereocenters. The van der Waals surface area contributed by atoms with Gasteiger partial charge in [0.25, 0.3) is 17.4 Å². The summed E-state index contributed by atoms with van der Waals surface area (Å²) in [5.74, 6) is -0.380. The molecule has 8 nitrogen and oxygen atoms in total. The molecule has 146 valence electrons. The second kappa shape index (κ2) is 7.38. The fourth-order valence-electron chi connectivity index (χ4n) is 3.09. The Morgan fingerprint density at radius 1 is 1.14 bits per heavy atom. The van der Waals surface area contributed by atoms with Gasteiger partial charge in [-0.3, -0.25) is 19.3 Å². The molecule has 2 aromatic heterocycles. The van der Waals surface area contributed by atoms with Crippen molar-refractivity contribution in [1.82, 2.24) is 24.8 Å². The van der Waals surface area contributed by atoms with Crippen LogP contribution in [0.3, 0.4) is 0 Å². The Labute approximate surface area is 170 Å². The van der Waals surface area contributed by atoms with E-state index in [0.717, 1.165) is 0 Å². The number of aromatic nitrogens is 3. The Morgan fingerprint density at radius 2 is 1.82 bits per heavy atom. The lowest BCUT2D eigenvalue weighted by molar-refractivity contribution is 0.0645. The average molecular weight is 422 g/mol. The highest BCUT2D eigenvalue weighted by Crippen LogP contribution is 2.29. The van der Waals surface area contributed by atoms with Crippen molar-refractivity contribution in [2.45, 2.75) is 0 Å². The van der Waals surface area contributed by atoms with E-state index >= 15 is 0 Å². The summed E-state index contributed by atoms with van der Waals surface area (Å²) in [4.78, 5) is 50.4. The molecule has 0 aliphatic carbocycles. The van der Waals surface area contributed by atoms with Crippen LogP contribution >= 0.6 is 24.0 Å². The first kappa shape index (κ1) is 20.1. The molecule has 0 radical (unpaired) electrons. The third-order valence-corrected chi connectivity index (χ3v) is 4.80. The highest BCUT2D eigenvalue weighted by atomic mass is 35.5. The first-order valence-corrected chi connectivity index (χ1v) is 8.67. The van der Waals surface area contributed by atoms with Gasteiger partial charge in [-0.05, 0) is 32.3 Å². The number of likely N-dealkylation sites (N-methyl/N-ethyl adjacent to an activating group) is 1. The molecule has 0 fully saturated rings. The fourth-order valence-corrected chi connectivity index (χ4v) is 3.33. The molecule has 28 heavy (non-hydrogen) atoms. The van der Waals surface area contributed by atoms with Gasteiger partial charge in [0.2, 0.25) is 0 Å². The Bertz CT molecular complexity index is 1100. The fraction of sp³-hybridized carbons (Fsp3) is 0.222. The van der Waals surface area contributed by atoms with Crippen LogP contribution in [0.5, 0.6) is 0 Å². The minimum atomic E-state index is -0.379. The zero-order chi connectivity index (χ0) is 19.3. The topological polar surface area (TPSA) is 102 Å². The van der Waals surface area contributed by atoms with Gasteiger partial charge in [0.15, 0.2) is 0 Å². The van der Waals surface area contributed by atoms with Gasteiger partial charge in [0, 0.05) is 19.3 Å². The highest BCUT2D eigenvalue weighted by Gasteiger charge is 2.36. The van der Waals surface area contributed by atoms with E-state index in [9.17, 15) is 14.4 Å². The van der Waals surface area contributed by atoms with Crippen LogP contribution in [0.2, 0.25) is 5.02 Å². The molecule has 3 heterocycles. The molecule has 0 saturated heterocycles. The first-order chi connectivity index (χ1) is 12.9. The van der Waals surface area contributed by atoms with Gasteiger partial charge < -0.3 is 14.9 Å². The monoisotopic (exact) mass is 421 g/mol. The lowest BCUT2D eigenvalue weighted by Gasteiger charge is -2.16. The number of carbonyl (C=O) groups excluding carboxylic acids is 2. The molecule has 0 spiro atoms. The summed E-state index contributed by atoms with van der Waals surface area (Å²) < 4.78 is 0. The molecule has 2 N–H and O–H groups in total. The van der Waals surface area contributed by atoms with E-state index < -0.39 is 0 Å². The van der Waals surface area contributed by atoms with Crippen LogP contribution in [-0.2, 0) is 0 Å². The SMILES string of the molecule is CN(C)CCN1C(=O)c2cc3nc(-c4c(Cl)cc[nH]c4=O)[nH]c3cc2C1=O.Cl. The summed E-state index contributed by atoms with van der Waals surface area (Å²) >= 11 is 6.12. The summed E-state index contributed by atoms with van der Waals surface area (Å²) in [6, 6.07) is 4.73. The molecule has 3 aromatic rings. The first-order valence-electron chi connectivity index (χ1n) is 8.29. The van der Waals surface area contributed by atoms with E-state index in [4.69, 9.17) is 11.6 Å². The summed E-state index contributed by atoms with van der Waals surface area (Å²) in [7, 11) is 3.76. The van der Waals surface area contributed by atoms with Crippen molar-refractivity contribution in [3.05, 3.63) is 50.9 Å². The highest BCUT2D eigenvalue weighted by molar-refractivity contribution is 6.33. The Hall–Kier alpha value is -2.68. The average Bonchev–Trinajstić information content (AvgIpc) is 3.11. The number of imidazole rings is 1. The van der Waals surface area contributed by atoms with Crippen molar-refractivity contribution in [3.8, 4) is 11.4 Å². The van der Waals surface area contributed by atoms with Crippen molar-refractivity contribution in [1.29, 1.82) is 0 Å². The predicted octanol–water partition coefficient (Wildman–Crippen LogP) is 2.15. The molecule has 1 aliphatic heterocycles. The number of hydrogen-bond donors (Lipinski definition) is 2. The van der Waals surface area contributed by atoms with Gasteiger partial charge in [0.1, 0.15) is 11.4 Å². The van der Waals surface area contributed by atoms with Gasteiger partial charge in [-0.2, -0.15) is 0 Å². The minimum Gasteiger partial charge on any atom is -0.338 e. The third kappa shape index (κ3) is 3.19. The number of hydrogen-bond acceptors (Lipinski definition) is 5. The Balaban J connectivity index is 0.00000225. The van der Waals surface area contributed by atoms with Gasteiger partial charge in [0.05, 0.1) is 27.2 Å². The maximum absolute atomic E-state index is 12.6. The van der Waals surface area contributed by atoms with Crippen molar-refractivity contribution in [2.24, 2.45) is 0 Å². The van der Waals surface area contributed by atoms with Crippen LogP contribution < -0.4 is 5.56 Å². The zero-order valence-electron chi connectivity index (χ0n) is 15.1. The minimum absolute atomic E-state index is 0. The lowest BCUT2D eigenvalue weighted by atomic mass is 10.1. The maximum Gasteiger partial charge on any atom is 0.261 e. The van der Waals surface area contributed by atoms with Crippen LogP contribution in [-0.4, -0.2) is 63.8 Å². The number of rotatable bonds is 4. The number of nitrogens with zero attached hydrogens (tertiary/aromatic N) is 3. The van der Waals surface area contributed by atoms with Crippen LogP contribution in [0.1, 0.15) is 20.7 Å². The van der Waals surface area contributed by atoms with Crippen LogP contribution in [0, 0.1) is 0 Å². The number of halogens is 2. The number of benzene rings is 1. The summed E-state index contributed by atoms with van der Waals surface area (Å²) in [6.45, 7) is 0.905. The molecule has 1 aliphatic rings. The normalized spacial score (nSPS) is 13.4. The number of amides is 2. The van der Waals surface area contributed by atoms with Crippen LogP contribution in [0.4, 0.5) is 0 Å². The molecule has 0 bridgehead atoms. The van der Waals surface area contributed by atoms with E-state index in [0.29, 0.717) is 35.2 Å². The molecular weight excluding hydrogens is 405 g/mol. The Kier molecular flexibility index (Phi) is 5.29. The third-order valence-electron chi connectivity index (χ3n) is 4.49. The van der Waals surface area contributed by atoms with Crippen molar-refractivity contribution in [2.75, 3.05) is 27.2 Å². The van der Waals surface area contributed by atoms with E-state index in [1.54, 1.807) is 18.2 Å². The largest absolute Gasteiger partial charge is 0.338 e. The lowest BCUT2D eigenvalue weighted by Crippen LogP contribution is -2.35. The quantitative estimate of drug-likeness (QED) is 0.628. The Morgan fingerprint density at radius 3 is 2.46 bits per heavy atom. The van der Waals surface area contributed by atoms with E-state index in [1.165, 1.54) is 11.1 Å². The van der Waals surface area contributed by atoms with Crippen LogP contribution in [0.15, 0.2) is 29.2 Å². The van der Waals surface area contributed by atoms with Gasteiger partial charge in [-0.25, -0.2) is 4.98 Å². The van der Waals surface area contributed by atoms with E-state index in [2.05, 4.69) is 15.0 Å². The molecule has 10 heteroatoms. The van der Waals surface area contributed by atoms with E-state index in [1.807, 2.05) is 19.0 Å². The molecule has 4 rings (SSSR count). The molecular formula is C18H17Cl2N5O3. The smallest absolute Gasteiger partial charge is 0.261 e. The van der Waals surface area contributed by atoms with Gasteiger partial charge >= 0.3 is 0 Å². The zero-order valence-corrected chi connectivity index (χ0v) is 16.6. The number of pyridine rings is 1. The van der Waals surface area contributed by atoms with Gasteiger partial charge in [-0.1, -0.05) is 11.6 Å². The van der Waals surface area contributed by atoms with Crippen molar-refractivity contribution >= 4 is 46.9 Å². The molecule has 0 unspecified atom stereocenters. The van der Waals surface area contributed by atoms with Crippen molar-refractivity contribution in [3.63, 3.8) is 0 Å². The maximum atomic E-state index is 12.6. The number of nitrogens with one attached hydrogen (secondary N) is 2. The van der Waals surface area contributed by atoms with E-state index in [-0.39, 0.29) is 46.2 Å².